The van der Waals surface area contributed by atoms with Gasteiger partial charge in [0.2, 0.25) is 10.0 Å². The predicted molar refractivity (Wildman–Crippen MR) is 68.4 cm³/mol. The van der Waals surface area contributed by atoms with Gasteiger partial charge in [0.05, 0.1) is 12.3 Å². The van der Waals surface area contributed by atoms with Crippen LogP contribution >= 0.6 is 0 Å². The number of rotatable bonds is 7. The minimum atomic E-state index is -3.61. The summed E-state index contributed by atoms with van der Waals surface area (Å²) >= 11 is 0. The minimum absolute atomic E-state index is 0.0803. The van der Waals surface area contributed by atoms with Crippen LogP contribution in [-0.4, -0.2) is 32.7 Å². The summed E-state index contributed by atoms with van der Waals surface area (Å²) < 4.78 is 31.9. The van der Waals surface area contributed by atoms with E-state index in [2.05, 4.69) is 9.71 Å². The first-order chi connectivity index (χ1) is 8.51. The van der Waals surface area contributed by atoms with E-state index in [0.29, 0.717) is 18.9 Å². The quantitative estimate of drug-likeness (QED) is 0.742. The SMILES string of the molecule is CCOCC(C)NS(=O)(=O)c1cccnc1CN. The highest BCUT2D eigenvalue weighted by molar-refractivity contribution is 7.89. The second-order valence-corrected chi connectivity index (χ2v) is 5.52. The molecular weight excluding hydrogens is 254 g/mol. The van der Waals surface area contributed by atoms with Gasteiger partial charge in [-0.3, -0.25) is 4.98 Å². The van der Waals surface area contributed by atoms with E-state index in [0.717, 1.165) is 0 Å². The Morgan fingerprint density at radius 3 is 2.89 bits per heavy atom. The Bertz CT molecular complexity index is 476. The molecule has 1 heterocycles. The van der Waals surface area contributed by atoms with Gasteiger partial charge in [0.1, 0.15) is 4.90 Å². The van der Waals surface area contributed by atoms with Gasteiger partial charge >= 0.3 is 0 Å². The summed E-state index contributed by atoms with van der Waals surface area (Å²) in [5, 5.41) is 0. The lowest BCUT2D eigenvalue weighted by Crippen LogP contribution is -2.36. The fraction of sp³-hybridized carbons (Fsp3) is 0.545. The van der Waals surface area contributed by atoms with E-state index in [1.807, 2.05) is 6.92 Å². The molecule has 0 fully saturated rings. The van der Waals surface area contributed by atoms with Crippen LogP contribution in [0.4, 0.5) is 0 Å². The fourth-order valence-corrected chi connectivity index (χ4v) is 2.91. The number of nitrogens with zero attached hydrogens (tertiary/aromatic N) is 1. The predicted octanol–water partition coefficient (Wildman–Crippen LogP) is 0.244. The molecule has 0 spiro atoms. The summed E-state index contributed by atoms with van der Waals surface area (Å²) in [6.07, 6.45) is 1.52. The average Bonchev–Trinajstić information content (AvgIpc) is 2.35. The van der Waals surface area contributed by atoms with Crippen molar-refractivity contribution in [1.29, 1.82) is 0 Å². The average molecular weight is 273 g/mol. The molecular formula is C11H19N3O3S. The van der Waals surface area contributed by atoms with Crippen molar-refractivity contribution < 1.29 is 13.2 Å². The molecule has 1 rings (SSSR count). The lowest BCUT2D eigenvalue weighted by atomic mass is 10.3. The molecule has 0 aliphatic carbocycles. The van der Waals surface area contributed by atoms with Crippen molar-refractivity contribution in [3.63, 3.8) is 0 Å². The molecule has 0 saturated heterocycles. The molecule has 0 saturated carbocycles. The molecule has 0 radical (unpaired) electrons. The van der Waals surface area contributed by atoms with Gasteiger partial charge < -0.3 is 10.5 Å². The molecule has 0 aromatic carbocycles. The van der Waals surface area contributed by atoms with Gasteiger partial charge in [-0.15, -0.1) is 0 Å². The van der Waals surface area contributed by atoms with Crippen molar-refractivity contribution in [3.05, 3.63) is 24.0 Å². The van der Waals surface area contributed by atoms with Crippen LogP contribution in [0.15, 0.2) is 23.2 Å². The van der Waals surface area contributed by atoms with Gasteiger partial charge in [-0.1, -0.05) is 0 Å². The fourth-order valence-electron chi connectivity index (χ4n) is 1.48. The molecule has 0 aliphatic heterocycles. The smallest absolute Gasteiger partial charge is 0.242 e. The van der Waals surface area contributed by atoms with Crippen molar-refractivity contribution in [2.45, 2.75) is 31.3 Å². The van der Waals surface area contributed by atoms with Crippen LogP contribution in [0.3, 0.4) is 0 Å². The van der Waals surface area contributed by atoms with Crippen LogP contribution in [0.1, 0.15) is 19.5 Å². The summed E-state index contributed by atoms with van der Waals surface area (Å²) in [6.45, 7) is 4.55. The Labute approximate surface area is 108 Å². The molecule has 0 aliphatic rings. The van der Waals surface area contributed by atoms with E-state index in [1.54, 1.807) is 13.0 Å². The number of pyridine rings is 1. The summed E-state index contributed by atoms with van der Waals surface area (Å²) in [4.78, 5) is 4.08. The van der Waals surface area contributed by atoms with E-state index >= 15 is 0 Å². The van der Waals surface area contributed by atoms with Crippen LogP contribution < -0.4 is 10.5 Å². The lowest BCUT2D eigenvalue weighted by Gasteiger charge is -2.15. The Balaban J connectivity index is 2.86. The third-order valence-corrected chi connectivity index (χ3v) is 3.92. The molecule has 102 valence electrons. The highest BCUT2D eigenvalue weighted by Gasteiger charge is 2.20. The Morgan fingerprint density at radius 2 is 2.28 bits per heavy atom. The lowest BCUT2D eigenvalue weighted by molar-refractivity contribution is 0.133. The number of nitrogens with one attached hydrogen (secondary N) is 1. The first-order valence-electron chi connectivity index (χ1n) is 5.75. The summed E-state index contributed by atoms with van der Waals surface area (Å²) in [6, 6.07) is 2.76. The zero-order valence-corrected chi connectivity index (χ0v) is 11.4. The molecule has 6 nitrogen and oxygen atoms in total. The number of hydrogen-bond donors (Lipinski definition) is 2. The molecule has 1 aromatic heterocycles. The molecule has 0 amide bonds. The number of sulfonamides is 1. The van der Waals surface area contributed by atoms with Gasteiger partial charge in [-0.25, -0.2) is 13.1 Å². The number of nitrogens with two attached hydrogens (primary N) is 1. The highest BCUT2D eigenvalue weighted by Crippen LogP contribution is 2.12. The zero-order chi connectivity index (χ0) is 13.6. The van der Waals surface area contributed by atoms with Crippen LogP contribution in [0.2, 0.25) is 0 Å². The maximum Gasteiger partial charge on any atom is 0.242 e. The first kappa shape index (κ1) is 15.0. The van der Waals surface area contributed by atoms with Crippen LogP contribution in [0.25, 0.3) is 0 Å². The van der Waals surface area contributed by atoms with E-state index in [9.17, 15) is 8.42 Å². The van der Waals surface area contributed by atoms with Crippen LogP contribution in [0.5, 0.6) is 0 Å². The number of ether oxygens (including phenoxy) is 1. The molecule has 3 N–H and O–H groups in total. The van der Waals surface area contributed by atoms with E-state index < -0.39 is 10.0 Å². The molecule has 0 bridgehead atoms. The van der Waals surface area contributed by atoms with Gasteiger partial charge in [0, 0.05) is 25.4 Å². The third kappa shape index (κ3) is 4.02. The van der Waals surface area contributed by atoms with Gasteiger partial charge in [-0.05, 0) is 26.0 Å². The molecule has 7 heteroatoms. The minimum Gasteiger partial charge on any atom is -0.380 e. The van der Waals surface area contributed by atoms with E-state index in [1.165, 1.54) is 12.3 Å². The zero-order valence-electron chi connectivity index (χ0n) is 10.6. The largest absolute Gasteiger partial charge is 0.380 e. The number of hydrogen-bond acceptors (Lipinski definition) is 5. The topological polar surface area (TPSA) is 94.3 Å². The van der Waals surface area contributed by atoms with Crippen molar-refractivity contribution in [2.24, 2.45) is 5.73 Å². The maximum atomic E-state index is 12.1. The molecule has 1 atom stereocenters. The molecule has 1 unspecified atom stereocenters. The van der Waals surface area contributed by atoms with Gasteiger partial charge in [0.15, 0.2) is 0 Å². The standard InChI is InChI=1S/C11H19N3O3S/c1-3-17-8-9(2)14-18(15,16)11-5-4-6-13-10(11)7-12/h4-6,9,14H,3,7-8,12H2,1-2H3. The first-order valence-corrected chi connectivity index (χ1v) is 7.23. The maximum absolute atomic E-state index is 12.1. The van der Waals surface area contributed by atoms with Crippen molar-refractivity contribution in [2.75, 3.05) is 13.2 Å². The monoisotopic (exact) mass is 273 g/mol. The Hall–Kier alpha value is -1.02. The van der Waals surface area contributed by atoms with Gasteiger partial charge in [0.25, 0.3) is 0 Å². The summed E-state index contributed by atoms with van der Waals surface area (Å²) in [5.41, 5.74) is 5.83. The van der Waals surface area contributed by atoms with E-state index in [-0.39, 0.29) is 17.5 Å². The number of aromatic nitrogens is 1. The van der Waals surface area contributed by atoms with Crippen molar-refractivity contribution >= 4 is 10.0 Å². The summed E-state index contributed by atoms with van der Waals surface area (Å²) in [5.74, 6) is 0. The molecule has 18 heavy (non-hydrogen) atoms. The van der Waals surface area contributed by atoms with Crippen molar-refractivity contribution in [1.82, 2.24) is 9.71 Å². The Morgan fingerprint density at radius 1 is 1.56 bits per heavy atom. The Kier molecular flexibility index (Phi) is 5.67. The second-order valence-electron chi connectivity index (χ2n) is 3.83. The van der Waals surface area contributed by atoms with Crippen LogP contribution in [-0.2, 0) is 21.3 Å². The van der Waals surface area contributed by atoms with E-state index in [4.69, 9.17) is 10.5 Å². The van der Waals surface area contributed by atoms with Crippen LogP contribution in [0, 0.1) is 0 Å². The van der Waals surface area contributed by atoms with Gasteiger partial charge in [-0.2, -0.15) is 0 Å². The second kappa shape index (κ2) is 6.79. The third-order valence-electron chi connectivity index (χ3n) is 2.26. The molecule has 1 aromatic rings. The van der Waals surface area contributed by atoms with Crippen molar-refractivity contribution in [3.8, 4) is 0 Å². The summed E-state index contributed by atoms with van der Waals surface area (Å²) in [7, 11) is -3.61. The normalized spacial score (nSPS) is 13.5. The highest BCUT2D eigenvalue weighted by atomic mass is 32.2.